The van der Waals surface area contributed by atoms with Crippen LogP contribution < -0.4 is 9.64 Å². The molecule has 144 valence electrons. The topological polar surface area (TPSA) is 46.6 Å². The molecule has 2 amide bonds. The monoisotopic (exact) mass is 507 g/mol. The number of nitrogens with zero attached hydrogens (tertiary/aromatic N) is 1. The molecule has 2 fully saturated rings. The van der Waals surface area contributed by atoms with Crippen molar-refractivity contribution in [3.8, 4) is 5.75 Å². The van der Waals surface area contributed by atoms with Crippen LogP contribution in [0, 0.1) is 11.8 Å². The van der Waals surface area contributed by atoms with Gasteiger partial charge in [-0.25, -0.2) is 4.90 Å². The summed E-state index contributed by atoms with van der Waals surface area (Å²) in [6, 6.07) is 4.51. The van der Waals surface area contributed by atoms with Crippen molar-refractivity contribution in [1.29, 1.82) is 0 Å². The average molecular weight is 510 g/mol. The highest BCUT2D eigenvalue weighted by atomic mass is 35.5. The van der Waals surface area contributed by atoms with Gasteiger partial charge in [-0.2, -0.15) is 0 Å². The normalized spacial score (nSPS) is 36.7. The molecule has 1 saturated heterocycles. The van der Waals surface area contributed by atoms with Crippen LogP contribution in [-0.4, -0.2) is 33.0 Å². The second-order valence-electron chi connectivity index (χ2n) is 6.41. The fourth-order valence-electron chi connectivity index (χ4n) is 4.07. The van der Waals surface area contributed by atoms with Crippen molar-refractivity contribution in [2.75, 3.05) is 12.0 Å². The van der Waals surface area contributed by atoms with Crippen LogP contribution in [0.3, 0.4) is 0 Å². The summed E-state index contributed by atoms with van der Waals surface area (Å²) < 4.78 is 3.28. The lowest BCUT2D eigenvalue weighted by molar-refractivity contribution is -0.123. The molecule has 4 nitrogen and oxygen atoms in total. The summed E-state index contributed by atoms with van der Waals surface area (Å²) >= 11 is 44.8. The molecule has 3 aliphatic rings. The Balaban J connectivity index is 1.93. The van der Waals surface area contributed by atoms with Gasteiger partial charge in [0.15, 0.2) is 4.33 Å². The number of hydrogen-bond donors (Lipinski definition) is 0. The quantitative estimate of drug-likeness (QED) is 0.401. The molecular weight excluding hydrogens is 502 g/mol. The van der Waals surface area contributed by atoms with Crippen LogP contribution in [0.4, 0.5) is 5.69 Å². The summed E-state index contributed by atoms with van der Waals surface area (Å²) in [6.45, 7) is 0. The zero-order chi connectivity index (χ0) is 20.1. The van der Waals surface area contributed by atoms with Crippen molar-refractivity contribution in [1.82, 2.24) is 0 Å². The van der Waals surface area contributed by atoms with E-state index in [2.05, 4.69) is 0 Å². The number of anilines is 1. The molecule has 0 N–H and O–H groups in total. The Labute approximate surface area is 189 Å². The summed E-state index contributed by atoms with van der Waals surface area (Å²) in [7, 11) is 1.40. The minimum Gasteiger partial charge on any atom is -0.495 e. The van der Waals surface area contributed by atoms with Gasteiger partial charge in [-0.15, -0.1) is 23.2 Å². The largest absolute Gasteiger partial charge is 0.495 e. The number of methoxy groups -OCH3 is 1. The fraction of sp³-hybridized carbons (Fsp3) is 0.375. The lowest BCUT2D eigenvalue weighted by Crippen LogP contribution is -2.50. The van der Waals surface area contributed by atoms with Crippen molar-refractivity contribution in [2.24, 2.45) is 11.8 Å². The molecule has 27 heavy (non-hydrogen) atoms. The van der Waals surface area contributed by atoms with Crippen LogP contribution in [0.15, 0.2) is 28.3 Å². The van der Waals surface area contributed by atoms with Crippen molar-refractivity contribution >= 4 is 98.7 Å². The van der Waals surface area contributed by atoms with Gasteiger partial charge >= 0.3 is 0 Å². The number of imide groups is 1. The fourth-order valence-corrected chi connectivity index (χ4v) is 7.17. The zero-order valence-corrected chi connectivity index (χ0v) is 18.5. The highest BCUT2D eigenvalue weighted by molar-refractivity contribution is 6.67. The van der Waals surface area contributed by atoms with E-state index in [1.54, 1.807) is 6.07 Å². The first-order valence-electron chi connectivity index (χ1n) is 7.49. The van der Waals surface area contributed by atoms with Crippen LogP contribution in [0.5, 0.6) is 5.75 Å². The molecule has 0 spiro atoms. The van der Waals surface area contributed by atoms with Crippen molar-refractivity contribution in [2.45, 2.75) is 14.1 Å². The molecule has 1 aromatic rings. The number of rotatable bonds is 2. The molecule has 4 rings (SSSR count). The van der Waals surface area contributed by atoms with E-state index in [4.69, 9.17) is 85.9 Å². The Morgan fingerprint density at radius 2 is 1.41 bits per heavy atom. The Bertz CT molecular complexity index is 902. The number of allylic oxidation sites excluding steroid dienone is 2. The maximum Gasteiger partial charge on any atom is 0.240 e. The molecule has 1 aromatic carbocycles. The molecule has 1 saturated carbocycles. The van der Waals surface area contributed by atoms with Gasteiger partial charge in [0.1, 0.15) is 15.5 Å². The van der Waals surface area contributed by atoms with Crippen LogP contribution in [0.2, 0.25) is 5.02 Å². The Morgan fingerprint density at radius 3 is 1.85 bits per heavy atom. The number of amides is 2. The van der Waals surface area contributed by atoms with E-state index < -0.39 is 37.7 Å². The first-order valence-corrected chi connectivity index (χ1v) is 10.1. The summed E-state index contributed by atoms with van der Waals surface area (Å²) in [5, 5.41) is 0.00659. The van der Waals surface area contributed by atoms with Crippen LogP contribution in [0.1, 0.15) is 0 Å². The predicted octanol–water partition coefficient (Wildman–Crippen LogP) is 5.30. The predicted molar refractivity (Wildman–Crippen MR) is 108 cm³/mol. The summed E-state index contributed by atoms with van der Waals surface area (Å²) in [5.74, 6) is -3.50. The van der Waals surface area contributed by atoms with E-state index in [1.165, 1.54) is 19.2 Å². The second-order valence-corrected chi connectivity index (χ2v) is 10.1. The van der Waals surface area contributed by atoms with Gasteiger partial charge in [0.05, 0.1) is 34.7 Å². The number of alkyl halides is 4. The summed E-state index contributed by atoms with van der Waals surface area (Å²) in [4.78, 5) is 23.8. The summed E-state index contributed by atoms with van der Waals surface area (Å²) in [6.07, 6.45) is 0. The smallest absolute Gasteiger partial charge is 0.240 e. The summed E-state index contributed by atoms with van der Waals surface area (Å²) in [5.41, 5.74) is 0.149. The molecule has 11 heteroatoms. The lowest BCUT2D eigenvalue weighted by Gasteiger charge is -2.34. The first kappa shape index (κ1) is 20.2. The van der Waals surface area contributed by atoms with Gasteiger partial charge in [-0.3, -0.25) is 9.59 Å². The lowest BCUT2D eigenvalue weighted by atomic mass is 9.84. The highest BCUT2D eigenvalue weighted by Crippen LogP contribution is 2.77. The number of halogens is 7. The van der Waals surface area contributed by atoms with Gasteiger partial charge in [-0.1, -0.05) is 58.0 Å². The molecule has 2 bridgehead atoms. The van der Waals surface area contributed by atoms with Crippen LogP contribution in [0.25, 0.3) is 0 Å². The molecule has 2 aliphatic carbocycles. The zero-order valence-electron chi connectivity index (χ0n) is 13.2. The second kappa shape index (κ2) is 5.98. The first-order chi connectivity index (χ1) is 12.5. The number of carbonyl (C=O) groups excluding carboxylic acids is 2. The van der Waals surface area contributed by atoms with Crippen molar-refractivity contribution in [3.63, 3.8) is 0 Å². The van der Waals surface area contributed by atoms with Crippen molar-refractivity contribution < 1.29 is 14.3 Å². The number of ether oxygens (including phenoxy) is 1. The van der Waals surface area contributed by atoms with Gasteiger partial charge in [0, 0.05) is 5.02 Å². The van der Waals surface area contributed by atoms with Gasteiger partial charge in [0.2, 0.25) is 11.8 Å². The highest BCUT2D eigenvalue weighted by Gasteiger charge is 2.87. The Kier molecular flexibility index (Phi) is 4.47. The molecule has 1 heterocycles. The number of benzene rings is 1. The number of fused-ring (bicyclic) bond motifs is 5. The number of hydrogen-bond acceptors (Lipinski definition) is 3. The van der Waals surface area contributed by atoms with E-state index in [0.29, 0.717) is 5.02 Å². The van der Waals surface area contributed by atoms with E-state index in [1.807, 2.05) is 0 Å². The Hall–Kier alpha value is -0.0700. The molecule has 4 atom stereocenters. The van der Waals surface area contributed by atoms with E-state index >= 15 is 0 Å². The van der Waals surface area contributed by atoms with Crippen LogP contribution in [-0.2, 0) is 9.59 Å². The SMILES string of the molecule is COc1ccc(Cl)cc1N1C(=O)[C@@H]2[C@@H](C1=O)[C@]1(Cl)C(Cl)=C(Cl)[C@]2(Cl)C1(Cl)Cl. The Morgan fingerprint density at radius 1 is 0.926 bits per heavy atom. The third-order valence-electron chi connectivity index (χ3n) is 5.29. The van der Waals surface area contributed by atoms with Gasteiger partial charge < -0.3 is 4.74 Å². The molecule has 1 aliphatic heterocycles. The minimum atomic E-state index is -1.97. The average Bonchev–Trinajstić information content (AvgIpc) is 2.99. The molecule has 0 aromatic heterocycles. The standard InChI is InChI=1S/C16H8Cl7NO3/c1-27-7-3-2-5(17)4-6(7)24-12(25)8-9(13(24)26)15(21)11(19)10(18)14(8,20)16(15,22)23/h2-4,8-9H,1H3/t8-,9-,14-,15-/m0/s1. The van der Waals surface area contributed by atoms with E-state index in [-0.39, 0.29) is 21.5 Å². The minimum absolute atomic E-state index is 0.145. The van der Waals surface area contributed by atoms with Gasteiger partial charge in [0.25, 0.3) is 0 Å². The molecule has 0 unspecified atom stereocenters. The molecular formula is C16H8Cl7NO3. The van der Waals surface area contributed by atoms with E-state index in [9.17, 15) is 9.59 Å². The molecule has 0 radical (unpaired) electrons. The number of carbonyl (C=O) groups is 2. The maximum absolute atomic E-state index is 13.3. The third-order valence-corrected chi connectivity index (χ3v) is 9.78. The van der Waals surface area contributed by atoms with E-state index in [0.717, 1.165) is 4.90 Å². The maximum atomic E-state index is 13.3. The van der Waals surface area contributed by atoms with Crippen LogP contribution >= 0.6 is 81.2 Å². The third kappa shape index (κ3) is 2.06. The van der Waals surface area contributed by atoms with Gasteiger partial charge in [-0.05, 0) is 18.2 Å². The van der Waals surface area contributed by atoms with Crippen molar-refractivity contribution in [3.05, 3.63) is 33.3 Å².